The van der Waals surface area contributed by atoms with E-state index in [-0.39, 0.29) is 24.5 Å². The zero-order valence-electron chi connectivity index (χ0n) is 14.6. The van der Waals surface area contributed by atoms with Gasteiger partial charge in [-0.2, -0.15) is 0 Å². The Labute approximate surface area is 150 Å². The molecule has 0 aliphatic carbocycles. The summed E-state index contributed by atoms with van der Waals surface area (Å²) in [7, 11) is 2.30. The van der Waals surface area contributed by atoms with Crippen molar-refractivity contribution in [1.82, 2.24) is 0 Å². The van der Waals surface area contributed by atoms with E-state index in [1.165, 1.54) is 12.8 Å². The molecule has 0 amide bonds. The first-order chi connectivity index (χ1) is 11.0. The highest BCUT2D eigenvalue weighted by molar-refractivity contribution is 5.72. The van der Waals surface area contributed by atoms with Crippen LogP contribution in [0.15, 0.2) is 24.3 Å². The first-order valence-corrected chi connectivity index (χ1v) is 8.84. The summed E-state index contributed by atoms with van der Waals surface area (Å²) < 4.78 is 6.56. The number of hydrogen-bond donors (Lipinski definition) is 1. The average Bonchev–Trinajstić information content (AvgIpc) is 2.69. The first-order valence-electron chi connectivity index (χ1n) is 8.84. The third-order valence-corrected chi connectivity index (χ3v) is 5.75. The maximum Gasteiger partial charge on any atom is 0.311 e. The molecule has 4 nitrogen and oxygen atoms in total. The minimum absolute atomic E-state index is 0. The van der Waals surface area contributed by atoms with Crippen LogP contribution in [0.5, 0.6) is 5.75 Å². The number of ether oxygens (including phenoxy) is 1. The summed E-state index contributed by atoms with van der Waals surface area (Å²) in [5.41, 5.74) is 1.10. The van der Waals surface area contributed by atoms with Crippen LogP contribution in [0.1, 0.15) is 51.0 Å². The van der Waals surface area contributed by atoms with Gasteiger partial charge in [-0.1, -0.05) is 19.1 Å². The van der Waals surface area contributed by atoms with Crippen molar-refractivity contribution in [2.24, 2.45) is 0 Å². The van der Waals surface area contributed by atoms with Crippen molar-refractivity contribution >= 4 is 5.97 Å². The zero-order valence-corrected chi connectivity index (χ0v) is 15.3. The first kappa shape index (κ1) is 19.2. The van der Waals surface area contributed by atoms with Crippen LogP contribution >= 0.6 is 0 Å². The molecule has 1 aromatic rings. The molecule has 2 unspecified atom stereocenters. The van der Waals surface area contributed by atoms with Gasteiger partial charge in [0, 0.05) is 37.7 Å². The van der Waals surface area contributed by atoms with Gasteiger partial charge in [-0.05, 0) is 18.6 Å². The van der Waals surface area contributed by atoms with Crippen molar-refractivity contribution in [3.63, 3.8) is 0 Å². The van der Waals surface area contributed by atoms with E-state index in [0.717, 1.165) is 35.9 Å². The second-order valence-corrected chi connectivity index (χ2v) is 7.35. The molecule has 5 heteroatoms. The topological polar surface area (TPSA) is 46.5 Å². The number of quaternary nitrogens is 1. The van der Waals surface area contributed by atoms with Crippen molar-refractivity contribution < 1.29 is 31.5 Å². The molecule has 2 atom stereocenters. The van der Waals surface area contributed by atoms with Crippen LogP contribution in [-0.4, -0.2) is 40.8 Å². The Morgan fingerprint density at radius 3 is 2.50 bits per heavy atom. The van der Waals surface area contributed by atoms with Crippen LogP contribution in [0, 0.1) is 0 Å². The fourth-order valence-corrected chi connectivity index (χ4v) is 4.45. The van der Waals surface area contributed by atoms with E-state index >= 15 is 0 Å². The van der Waals surface area contributed by atoms with Gasteiger partial charge in [0.1, 0.15) is 12.3 Å². The highest BCUT2D eigenvalue weighted by Crippen LogP contribution is 2.43. The van der Waals surface area contributed by atoms with E-state index in [4.69, 9.17) is 4.74 Å². The molecule has 0 aromatic heterocycles. The molecule has 1 N–H and O–H groups in total. The number of carbonyl (C=O) groups is 1. The van der Waals surface area contributed by atoms with Crippen molar-refractivity contribution in [3.8, 4) is 5.75 Å². The van der Waals surface area contributed by atoms with Crippen LogP contribution in [0.3, 0.4) is 0 Å². The van der Waals surface area contributed by atoms with Crippen molar-refractivity contribution in [3.05, 3.63) is 29.8 Å². The van der Waals surface area contributed by atoms with E-state index in [2.05, 4.69) is 13.1 Å². The summed E-state index contributed by atoms with van der Waals surface area (Å²) in [4.78, 5) is 11.9. The van der Waals surface area contributed by atoms with Gasteiger partial charge >= 0.3 is 5.97 Å². The summed E-state index contributed by atoms with van der Waals surface area (Å²) in [5.74, 6) is 0.551. The SMILES string of the molecule is CCCC(=O)Oc1ccccc1C[N+]1(C)C2CCC1CC(O)C2.[Cl-]. The number of rotatable bonds is 5. The molecule has 3 rings (SSSR count). The standard InChI is InChI=1S/C19H28NO3.ClH/c1-3-6-19(22)23-18-8-5-4-7-14(18)13-20(2)15-9-10-16(20)12-17(21)11-15;/h4-5,7-8,15-17,21H,3,6,9-13H2,1-2H3;1H/q+1;/p-1. The predicted octanol–water partition coefficient (Wildman–Crippen LogP) is 0.0284. The largest absolute Gasteiger partial charge is 1.00 e. The number of nitrogens with zero attached hydrogens (tertiary/aromatic N) is 1. The third kappa shape index (κ3) is 3.76. The van der Waals surface area contributed by atoms with E-state index in [0.29, 0.717) is 24.3 Å². The number of fused-ring (bicyclic) bond motifs is 2. The summed E-state index contributed by atoms with van der Waals surface area (Å²) >= 11 is 0. The minimum atomic E-state index is -0.153. The van der Waals surface area contributed by atoms with Crippen molar-refractivity contribution in [1.29, 1.82) is 0 Å². The van der Waals surface area contributed by atoms with E-state index in [9.17, 15) is 9.90 Å². The summed E-state index contributed by atoms with van der Waals surface area (Å²) in [6.07, 6.45) is 5.28. The number of halogens is 1. The Morgan fingerprint density at radius 2 is 1.88 bits per heavy atom. The summed E-state index contributed by atoms with van der Waals surface area (Å²) in [6, 6.07) is 8.94. The maximum atomic E-state index is 11.9. The number of esters is 1. The lowest BCUT2D eigenvalue weighted by molar-refractivity contribution is -0.961. The van der Waals surface area contributed by atoms with Gasteiger partial charge in [-0.3, -0.25) is 4.79 Å². The van der Waals surface area contributed by atoms with Gasteiger partial charge in [-0.15, -0.1) is 0 Å². The maximum absolute atomic E-state index is 11.9. The van der Waals surface area contributed by atoms with Gasteiger partial charge in [-0.25, -0.2) is 0 Å². The Balaban J connectivity index is 0.00000208. The number of benzene rings is 1. The minimum Gasteiger partial charge on any atom is -1.00 e. The molecular formula is C19H28ClNO3. The molecule has 2 bridgehead atoms. The van der Waals surface area contributed by atoms with Gasteiger partial charge < -0.3 is 26.7 Å². The Bertz CT molecular complexity index is 563. The highest BCUT2D eigenvalue weighted by atomic mass is 35.5. The molecule has 2 aliphatic heterocycles. The highest BCUT2D eigenvalue weighted by Gasteiger charge is 2.51. The lowest BCUT2D eigenvalue weighted by Gasteiger charge is -2.46. The fourth-order valence-electron chi connectivity index (χ4n) is 4.45. The van der Waals surface area contributed by atoms with Gasteiger partial charge in [0.05, 0.1) is 25.2 Å². The van der Waals surface area contributed by atoms with Crippen LogP contribution in [0.2, 0.25) is 0 Å². The van der Waals surface area contributed by atoms with E-state index in [1.54, 1.807) is 0 Å². The lowest BCUT2D eigenvalue weighted by Crippen LogP contribution is -3.00. The normalized spacial score (nSPS) is 31.4. The summed E-state index contributed by atoms with van der Waals surface area (Å²) in [5, 5.41) is 10.0. The smallest absolute Gasteiger partial charge is 0.311 e. The lowest BCUT2D eigenvalue weighted by atomic mass is 9.95. The Kier molecular flexibility index (Phi) is 6.29. The predicted molar refractivity (Wildman–Crippen MR) is 88.9 cm³/mol. The van der Waals surface area contributed by atoms with Crippen LogP contribution in [-0.2, 0) is 11.3 Å². The van der Waals surface area contributed by atoms with Gasteiger partial charge in [0.2, 0.25) is 0 Å². The number of hydrogen-bond acceptors (Lipinski definition) is 3. The molecule has 24 heavy (non-hydrogen) atoms. The summed E-state index contributed by atoms with van der Waals surface area (Å²) in [6.45, 7) is 2.85. The van der Waals surface area contributed by atoms with E-state index < -0.39 is 0 Å². The second kappa shape index (κ2) is 7.85. The number of aliphatic hydroxyl groups excluding tert-OH is 1. The molecule has 2 saturated heterocycles. The van der Waals surface area contributed by atoms with E-state index in [1.807, 2.05) is 25.1 Å². The van der Waals surface area contributed by atoms with Crippen LogP contribution in [0.25, 0.3) is 0 Å². The monoisotopic (exact) mass is 353 g/mol. The average molecular weight is 354 g/mol. The molecule has 134 valence electrons. The molecule has 2 heterocycles. The van der Waals surface area contributed by atoms with Crippen molar-refractivity contribution in [2.75, 3.05) is 7.05 Å². The second-order valence-electron chi connectivity index (χ2n) is 7.35. The fraction of sp³-hybridized carbons (Fsp3) is 0.632. The van der Waals surface area contributed by atoms with Crippen molar-refractivity contribution in [2.45, 2.75) is 70.2 Å². The number of para-hydroxylation sites is 1. The molecular weight excluding hydrogens is 326 g/mol. The quantitative estimate of drug-likeness (QED) is 0.461. The van der Waals surface area contributed by atoms with Crippen LogP contribution < -0.4 is 17.1 Å². The Hall–Kier alpha value is -1.10. The molecule has 1 aromatic carbocycles. The molecule has 2 aliphatic rings. The van der Waals surface area contributed by atoms with Gasteiger partial charge in [0.25, 0.3) is 0 Å². The third-order valence-electron chi connectivity index (χ3n) is 5.75. The number of carbonyl (C=O) groups excluding carboxylic acids is 1. The van der Waals surface area contributed by atoms with Gasteiger partial charge in [0.15, 0.2) is 0 Å². The Morgan fingerprint density at radius 1 is 1.25 bits per heavy atom. The molecule has 0 saturated carbocycles. The molecule has 0 spiro atoms. The number of aliphatic hydroxyl groups is 1. The molecule has 0 radical (unpaired) electrons. The zero-order chi connectivity index (χ0) is 16.4. The molecule has 2 fully saturated rings. The number of piperidine rings is 1. The van der Waals surface area contributed by atoms with Crippen LogP contribution in [0.4, 0.5) is 0 Å².